The number of hydrogen-bond donors (Lipinski definition) is 1. The van der Waals surface area contributed by atoms with Crippen LogP contribution in [0, 0.1) is 29.5 Å². The van der Waals surface area contributed by atoms with Crippen molar-refractivity contribution >= 4 is 49.9 Å². The number of nitrogens with zero attached hydrogens (tertiary/aromatic N) is 3. The number of likely N-dealkylation sites (tertiary alicyclic amines) is 1. The van der Waals surface area contributed by atoms with Gasteiger partial charge in [-0.3, -0.25) is 0 Å². The number of rotatable bonds is 8. The maximum Gasteiger partial charge on any atom is 0.166 e. The first-order chi connectivity index (χ1) is 17.3. The molecule has 1 N–H and O–H groups in total. The highest BCUT2D eigenvalue weighted by atomic mass is 79.9. The van der Waals surface area contributed by atoms with Gasteiger partial charge in [-0.05, 0) is 70.6 Å². The Morgan fingerprint density at radius 3 is 2.61 bits per heavy atom. The van der Waals surface area contributed by atoms with Crippen molar-refractivity contribution in [2.45, 2.75) is 26.7 Å². The fraction of sp³-hybridized carbons (Fsp3) is 0.481. The zero-order chi connectivity index (χ0) is 25.4. The van der Waals surface area contributed by atoms with Crippen LogP contribution in [0.25, 0.3) is 10.9 Å². The summed E-state index contributed by atoms with van der Waals surface area (Å²) in [7, 11) is 1.61. The Morgan fingerprint density at radius 2 is 1.92 bits per heavy atom. The summed E-state index contributed by atoms with van der Waals surface area (Å²) >= 11 is 9.29. The Balaban J connectivity index is 1.29. The number of halogens is 3. The molecule has 36 heavy (non-hydrogen) atoms. The van der Waals surface area contributed by atoms with E-state index in [-0.39, 0.29) is 10.7 Å². The summed E-state index contributed by atoms with van der Waals surface area (Å²) in [6.45, 7) is 8.88. The molecule has 0 spiro atoms. The van der Waals surface area contributed by atoms with E-state index in [4.69, 9.17) is 21.1 Å². The van der Waals surface area contributed by atoms with E-state index in [1.807, 2.05) is 12.1 Å². The van der Waals surface area contributed by atoms with Crippen molar-refractivity contribution in [2.24, 2.45) is 23.7 Å². The highest BCUT2D eigenvalue weighted by Gasteiger charge is 2.41. The van der Waals surface area contributed by atoms with Gasteiger partial charge >= 0.3 is 0 Å². The van der Waals surface area contributed by atoms with Crippen LogP contribution in [0.15, 0.2) is 35.1 Å². The average molecular weight is 578 g/mol. The first kappa shape index (κ1) is 25.5. The summed E-state index contributed by atoms with van der Waals surface area (Å²) in [6, 6.07) is 6.99. The lowest BCUT2D eigenvalue weighted by Crippen LogP contribution is -2.27. The lowest BCUT2D eigenvalue weighted by Gasteiger charge is -2.21. The number of methoxy groups -OCH3 is 1. The maximum absolute atomic E-state index is 14.7. The Morgan fingerprint density at radius 1 is 1.17 bits per heavy atom. The molecule has 2 aliphatic rings. The molecule has 0 amide bonds. The van der Waals surface area contributed by atoms with Crippen molar-refractivity contribution in [1.29, 1.82) is 0 Å². The predicted molar refractivity (Wildman–Crippen MR) is 145 cm³/mol. The lowest BCUT2D eigenvalue weighted by molar-refractivity contribution is 0.216. The van der Waals surface area contributed by atoms with Crippen LogP contribution in [0.1, 0.15) is 26.7 Å². The van der Waals surface area contributed by atoms with Gasteiger partial charge in [-0.1, -0.05) is 25.4 Å². The number of anilines is 2. The summed E-state index contributed by atoms with van der Waals surface area (Å²) < 4.78 is 27.1. The second kappa shape index (κ2) is 10.7. The van der Waals surface area contributed by atoms with Crippen LogP contribution in [0.5, 0.6) is 11.5 Å². The summed E-state index contributed by atoms with van der Waals surface area (Å²) in [5, 5.41) is 3.74. The summed E-state index contributed by atoms with van der Waals surface area (Å²) in [5.74, 6) is 3.98. The van der Waals surface area contributed by atoms with E-state index in [1.165, 1.54) is 38.8 Å². The zero-order valence-corrected chi connectivity index (χ0v) is 23.1. The summed E-state index contributed by atoms with van der Waals surface area (Å²) in [6.07, 6.45) is 3.87. The number of ether oxygens (including phenoxy) is 2. The minimum atomic E-state index is -0.557. The molecule has 2 heterocycles. The molecule has 1 saturated carbocycles. The maximum atomic E-state index is 14.7. The molecule has 1 aliphatic heterocycles. The smallest absolute Gasteiger partial charge is 0.166 e. The molecule has 192 valence electrons. The minimum absolute atomic E-state index is 0.00955. The van der Waals surface area contributed by atoms with Gasteiger partial charge < -0.3 is 19.7 Å². The van der Waals surface area contributed by atoms with Gasteiger partial charge in [0.1, 0.15) is 12.1 Å². The molecule has 1 saturated heterocycles. The Hall–Kier alpha value is -2.16. The van der Waals surface area contributed by atoms with Crippen molar-refractivity contribution in [3.63, 3.8) is 0 Å². The van der Waals surface area contributed by atoms with Crippen LogP contribution in [0.2, 0.25) is 5.02 Å². The molecule has 1 unspecified atom stereocenters. The molecule has 6 nitrogen and oxygen atoms in total. The van der Waals surface area contributed by atoms with E-state index in [0.717, 1.165) is 17.8 Å². The van der Waals surface area contributed by atoms with Crippen LogP contribution < -0.4 is 14.8 Å². The number of benzene rings is 2. The Labute approximate surface area is 224 Å². The van der Waals surface area contributed by atoms with Crippen molar-refractivity contribution in [2.75, 3.05) is 38.7 Å². The van der Waals surface area contributed by atoms with Crippen LogP contribution in [0.3, 0.4) is 0 Å². The predicted octanol–water partition coefficient (Wildman–Crippen LogP) is 6.93. The topological polar surface area (TPSA) is 59.5 Å². The largest absolute Gasteiger partial charge is 0.493 e. The van der Waals surface area contributed by atoms with Gasteiger partial charge in [-0.25, -0.2) is 14.4 Å². The van der Waals surface area contributed by atoms with E-state index < -0.39 is 5.82 Å². The fourth-order valence-electron chi connectivity index (χ4n) is 5.72. The molecule has 2 aromatic carbocycles. The van der Waals surface area contributed by atoms with Gasteiger partial charge in [-0.2, -0.15) is 0 Å². The van der Waals surface area contributed by atoms with Crippen LogP contribution in [-0.4, -0.2) is 48.2 Å². The Kier molecular flexibility index (Phi) is 7.56. The second-order valence-electron chi connectivity index (χ2n) is 10.4. The molecular weight excluding hydrogens is 547 g/mol. The molecular formula is C27H31BrClFN4O2. The number of fused-ring (bicyclic) bond motifs is 2. The molecule has 1 aromatic heterocycles. The summed E-state index contributed by atoms with van der Waals surface area (Å²) in [4.78, 5) is 11.4. The normalized spacial score (nSPS) is 21.8. The SMILES string of the molecule is COc1cc2c(Nc3ccc(Br)c(Cl)c3F)ncnc2cc1OCC1C[C@@H]2CN(CC(C)C)C[C@@H]2C1. The second-order valence-corrected chi connectivity index (χ2v) is 11.6. The first-order valence-electron chi connectivity index (χ1n) is 12.4. The monoisotopic (exact) mass is 576 g/mol. The van der Waals surface area contributed by atoms with Gasteiger partial charge in [0.15, 0.2) is 17.3 Å². The molecule has 2 fully saturated rings. The van der Waals surface area contributed by atoms with E-state index in [9.17, 15) is 4.39 Å². The minimum Gasteiger partial charge on any atom is -0.493 e. The quantitative estimate of drug-likeness (QED) is 0.293. The highest BCUT2D eigenvalue weighted by Crippen LogP contribution is 2.43. The van der Waals surface area contributed by atoms with E-state index in [2.05, 4.69) is 50.0 Å². The average Bonchev–Trinajstić information content (AvgIpc) is 3.40. The van der Waals surface area contributed by atoms with E-state index in [0.29, 0.717) is 45.2 Å². The molecule has 3 aromatic rings. The number of hydrogen-bond acceptors (Lipinski definition) is 6. The van der Waals surface area contributed by atoms with Crippen LogP contribution in [-0.2, 0) is 0 Å². The number of aromatic nitrogens is 2. The van der Waals surface area contributed by atoms with Gasteiger partial charge in [0.05, 0.1) is 29.9 Å². The molecule has 1 aliphatic carbocycles. The molecule has 9 heteroatoms. The van der Waals surface area contributed by atoms with Crippen LogP contribution in [0.4, 0.5) is 15.9 Å². The third-order valence-electron chi connectivity index (χ3n) is 7.23. The zero-order valence-electron chi connectivity index (χ0n) is 20.7. The van der Waals surface area contributed by atoms with Crippen molar-refractivity contribution in [3.05, 3.63) is 45.9 Å². The van der Waals surface area contributed by atoms with E-state index in [1.54, 1.807) is 19.2 Å². The number of nitrogens with one attached hydrogen (secondary N) is 1. The molecule has 0 bridgehead atoms. The molecule has 0 radical (unpaired) electrons. The first-order valence-corrected chi connectivity index (χ1v) is 13.6. The van der Waals surface area contributed by atoms with Gasteiger partial charge in [-0.15, -0.1) is 0 Å². The van der Waals surface area contributed by atoms with Gasteiger partial charge in [0.25, 0.3) is 0 Å². The van der Waals surface area contributed by atoms with Crippen molar-refractivity contribution < 1.29 is 13.9 Å². The lowest BCUT2D eigenvalue weighted by atomic mass is 10.0. The summed E-state index contributed by atoms with van der Waals surface area (Å²) in [5.41, 5.74) is 0.903. The van der Waals surface area contributed by atoms with Crippen LogP contribution >= 0.6 is 27.5 Å². The Bertz CT molecular complexity index is 1250. The van der Waals surface area contributed by atoms with Gasteiger partial charge in [0, 0.05) is 35.6 Å². The molecule has 5 rings (SSSR count). The molecule has 3 atom stereocenters. The fourth-order valence-corrected chi connectivity index (χ4v) is 6.19. The van der Waals surface area contributed by atoms with Crippen molar-refractivity contribution in [1.82, 2.24) is 14.9 Å². The highest BCUT2D eigenvalue weighted by molar-refractivity contribution is 9.10. The standard InChI is InChI=1S/C27H31BrClFN4O2/c1-15(2)10-34-11-17-6-16(7-18(17)12-34)13-36-24-9-22-19(8-23(24)35-3)27(32-14-31-22)33-21-5-4-20(28)25(29)26(21)30/h4-5,8-9,14-18H,6-7,10-13H2,1-3H3,(H,31,32,33)/t16?,17-,18+. The van der Waals surface area contributed by atoms with Gasteiger partial charge in [0.2, 0.25) is 0 Å². The third kappa shape index (κ3) is 5.27. The van der Waals surface area contributed by atoms with E-state index >= 15 is 0 Å². The van der Waals surface area contributed by atoms with Crippen molar-refractivity contribution in [3.8, 4) is 11.5 Å². The third-order valence-corrected chi connectivity index (χ3v) is 8.49.